The van der Waals surface area contributed by atoms with Crippen LogP contribution >= 0.6 is 0 Å². The molecule has 0 unspecified atom stereocenters. The van der Waals surface area contributed by atoms with Gasteiger partial charge in [0.1, 0.15) is 12.9 Å². The van der Waals surface area contributed by atoms with Gasteiger partial charge in [-0.3, -0.25) is 9.63 Å². The first-order valence-electron chi connectivity index (χ1n) is 10.2. The summed E-state index contributed by atoms with van der Waals surface area (Å²) < 4.78 is 22.7. The fraction of sp³-hybridized carbons (Fsp3) is 0.280. The van der Waals surface area contributed by atoms with Gasteiger partial charge in [0, 0.05) is 34.0 Å². The number of aromatic nitrogens is 2. The highest BCUT2D eigenvalue weighted by atomic mass is 19.1. The van der Waals surface area contributed by atoms with E-state index in [2.05, 4.69) is 11.8 Å². The largest absolute Gasteiger partial charge is 0.482 e. The molecule has 6 heteroatoms. The van der Waals surface area contributed by atoms with Crippen molar-refractivity contribution in [3.8, 4) is 17.6 Å². The van der Waals surface area contributed by atoms with Crippen molar-refractivity contribution in [1.82, 2.24) is 4.57 Å². The van der Waals surface area contributed by atoms with Gasteiger partial charge in [0.2, 0.25) is 6.20 Å². The molecule has 0 spiro atoms. The van der Waals surface area contributed by atoms with E-state index in [1.54, 1.807) is 22.9 Å². The summed E-state index contributed by atoms with van der Waals surface area (Å²) in [5, 5.41) is 0. The van der Waals surface area contributed by atoms with E-state index in [0.717, 1.165) is 16.8 Å². The number of aryl methyl sites for hydroxylation is 1. The van der Waals surface area contributed by atoms with E-state index in [-0.39, 0.29) is 17.9 Å². The van der Waals surface area contributed by atoms with Crippen LogP contribution in [0.1, 0.15) is 35.4 Å². The Balaban J connectivity index is 1.46. The molecule has 158 valence electrons. The summed E-state index contributed by atoms with van der Waals surface area (Å²) >= 11 is 0. The minimum Gasteiger partial charge on any atom is -0.482 e. The molecule has 1 aromatic carbocycles. The molecular formula is C25H24FN2O3+. The van der Waals surface area contributed by atoms with E-state index in [1.165, 1.54) is 36.8 Å². The molecule has 1 aliphatic rings. The molecule has 0 saturated heterocycles. The van der Waals surface area contributed by atoms with Gasteiger partial charge in [-0.05, 0) is 49.6 Å². The van der Waals surface area contributed by atoms with E-state index in [4.69, 9.17) is 9.57 Å². The second kappa shape index (κ2) is 9.05. The molecule has 4 rings (SSSR count). The maximum Gasteiger partial charge on any atom is 0.306 e. The van der Waals surface area contributed by atoms with Crippen molar-refractivity contribution in [2.75, 3.05) is 7.11 Å². The fourth-order valence-electron chi connectivity index (χ4n) is 3.23. The molecule has 0 bridgehead atoms. The number of hydrogen-bond acceptors (Lipinski definition) is 3. The monoisotopic (exact) mass is 419 g/mol. The summed E-state index contributed by atoms with van der Waals surface area (Å²) in [7, 11) is 1.44. The summed E-state index contributed by atoms with van der Waals surface area (Å²) in [4.78, 5) is 17.8. The maximum absolute atomic E-state index is 14.1. The van der Waals surface area contributed by atoms with E-state index in [9.17, 15) is 9.18 Å². The number of hydrogen-bond donors (Lipinski definition) is 0. The normalized spacial score (nSPS) is 12.7. The molecule has 5 nitrogen and oxygen atoms in total. The van der Waals surface area contributed by atoms with Gasteiger partial charge in [0.15, 0.2) is 12.4 Å². The summed E-state index contributed by atoms with van der Waals surface area (Å²) in [6, 6.07) is 14.0. The Hall–Kier alpha value is -3.59. The second-order valence-corrected chi connectivity index (χ2v) is 7.60. The number of pyridine rings is 2. The first-order chi connectivity index (χ1) is 15.0. The fourth-order valence-corrected chi connectivity index (χ4v) is 3.23. The van der Waals surface area contributed by atoms with Crippen LogP contribution < -0.4 is 19.9 Å². The molecule has 0 radical (unpaired) electrons. The van der Waals surface area contributed by atoms with Crippen LogP contribution in [0.2, 0.25) is 0 Å². The highest BCUT2D eigenvalue weighted by molar-refractivity contribution is 5.37. The molecule has 0 amide bonds. The Morgan fingerprint density at radius 1 is 1.19 bits per heavy atom. The average molecular weight is 419 g/mol. The first-order valence-corrected chi connectivity index (χ1v) is 10.2. The highest BCUT2D eigenvalue weighted by Crippen LogP contribution is 2.27. The van der Waals surface area contributed by atoms with Crippen molar-refractivity contribution in [3.05, 3.63) is 93.4 Å². The molecule has 31 heavy (non-hydrogen) atoms. The summed E-state index contributed by atoms with van der Waals surface area (Å²) in [5.74, 6) is 6.95. The smallest absolute Gasteiger partial charge is 0.306 e. The lowest BCUT2D eigenvalue weighted by atomic mass is 10.1. The zero-order chi connectivity index (χ0) is 21.8. The highest BCUT2D eigenvalue weighted by Gasteiger charge is 2.19. The zero-order valence-electron chi connectivity index (χ0n) is 17.6. The molecular weight excluding hydrogens is 395 g/mol. The first kappa shape index (κ1) is 20.7. The van der Waals surface area contributed by atoms with Crippen LogP contribution in [0, 0.1) is 30.5 Å². The Morgan fingerprint density at radius 3 is 2.65 bits per heavy atom. The summed E-state index contributed by atoms with van der Waals surface area (Å²) in [6.07, 6.45) is 4.01. The number of nitrogens with zero attached hydrogens (tertiary/aromatic N) is 2. The molecule has 1 fully saturated rings. The van der Waals surface area contributed by atoms with Crippen molar-refractivity contribution in [2.24, 2.45) is 5.92 Å². The molecule has 2 aromatic heterocycles. The minimum atomic E-state index is -0.445. The van der Waals surface area contributed by atoms with Crippen LogP contribution in [0.25, 0.3) is 0 Å². The van der Waals surface area contributed by atoms with Gasteiger partial charge in [-0.15, -0.1) is 0 Å². The van der Waals surface area contributed by atoms with Gasteiger partial charge in [-0.1, -0.05) is 24.0 Å². The molecule has 1 aliphatic carbocycles. The van der Waals surface area contributed by atoms with Crippen LogP contribution in [0.15, 0.2) is 59.5 Å². The molecule has 0 N–H and O–H groups in total. The van der Waals surface area contributed by atoms with Crippen LogP contribution in [-0.4, -0.2) is 11.7 Å². The number of halogens is 1. The SMILES string of the molecule is CO[n+]1cccc(F)c1COc1cc(C)n(Cc2ccc(C#CC3CC3)cc2)c(=O)c1. The van der Waals surface area contributed by atoms with Crippen molar-refractivity contribution in [3.63, 3.8) is 0 Å². The van der Waals surface area contributed by atoms with E-state index >= 15 is 0 Å². The van der Waals surface area contributed by atoms with Gasteiger partial charge >= 0.3 is 5.69 Å². The molecule has 1 saturated carbocycles. The van der Waals surface area contributed by atoms with Gasteiger partial charge < -0.3 is 9.30 Å². The number of benzene rings is 1. The van der Waals surface area contributed by atoms with Crippen molar-refractivity contribution in [1.29, 1.82) is 0 Å². The Kier molecular flexibility index (Phi) is 6.03. The summed E-state index contributed by atoms with van der Waals surface area (Å²) in [6.45, 7) is 2.24. The van der Waals surface area contributed by atoms with Crippen LogP contribution in [0.5, 0.6) is 5.75 Å². The van der Waals surface area contributed by atoms with Gasteiger partial charge in [-0.2, -0.15) is 4.39 Å². The topological polar surface area (TPSA) is 44.3 Å². The number of ether oxygens (including phenoxy) is 1. The lowest BCUT2D eigenvalue weighted by Gasteiger charge is -2.12. The Bertz CT molecular complexity index is 1200. The van der Waals surface area contributed by atoms with Crippen molar-refractivity contribution < 1.29 is 18.7 Å². The average Bonchev–Trinajstić information content (AvgIpc) is 3.59. The van der Waals surface area contributed by atoms with E-state index < -0.39 is 5.82 Å². The third-order valence-corrected chi connectivity index (χ3v) is 5.18. The number of rotatable bonds is 6. The third kappa shape index (κ3) is 5.13. The van der Waals surface area contributed by atoms with Gasteiger partial charge in [-0.25, -0.2) is 0 Å². The maximum atomic E-state index is 14.1. The standard InChI is InChI=1S/C25H24FN2O3/c1-18-14-22(31-17-24-23(26)4-3-13-28(24)30-2)15-25(29)27(18)16-21-11-9-20(10-12-21)8-7-19-5-6-19/h3-4,9-15,19H,5-6,16-17H2,1-2H3/q+1. The minimum absolute atomic E-state index is 0.0627. The third-order valence-electron chi connectivity index (χ3n) is 5.18. The van der Waals surface area contributed by atoms with Crippen molar-refractivity contribution >= 4 is 0 Å². The van der Waals surface area contributed by atoms with Crippen molar-refractivity contribution in [2.45, 2.75) is 32.9 Å². The van der Waals surface area contributed by atoms with Gasteiger partial charge in [0.25, 0.3) is 5.56 Å². The lowest BCUT2D eigenvalue weighted by Crippen LogP contribution is -2.45. The van der Waals surface area contributed by atoms with Crippen LogP contribution in [0.4, 0.5) is 4.39 Å². The van der Waals surface area contributed by atoms with Crippen LogP contribution in [-0.2, 0) is 13.2 Å². The zero-order valence-corrected chi connectivity index (χ0v) is 17.6. The predicted molar refractivity (Wildman–Crippen MR) is 114 cm³/mol. The van der Waals surface area contributed by atoms with E-state index in [1.807, 2.05) is 31.2 Å². The molecule has 3 aromatic rings. The molecule has 0 atom stereocenters. The second-order valence-electron chi connectivity index (χ2n) is 7.60. The van der Waals surface area contributed by atoms with Gasteiger partial charge in [0.05, 0.1) is 6.54 Å². The van der Waals surface area contributed by atoms with Crippen LogP contribution in [0.3, 0.4) is 0 Å². The van der Waals surface area contributed by atoms with E-state index in [0.29, 0.717) is 18.2 Å². The Morgan fingerprint density at radius 2 is 1.97 bits per heavy atom. The summed E-state index contributed by atoms with van der Waals surface area (Å²) in [5.41, 5.74) is 2.82. The predicted octanol–water partition coefficient (Wildman–Crippen LogP) is 3.03. The quantitative estimate of drug-likeness (QED) is 0.456. The Labute approximate surface area is 180 Å². The molecule has 0 aliphatic heterocycles. The molecule has 2 heterocycles. The lowest BCUT2D eigenvalue weighted by molar-refractivity contribution is -0.892.